The van der Waals surface area contributed by atoms with Crippen molar-refractivity contribution >= 4 is 40.3 Å². The van der Waals surface area contributed by atoms with Gasteiger partial charge in [-0.3, -0.25) is 4.79 Å². The van der Waals surface area contributed by atoms with E-state index < -0.39 is 0 Å². The molecule has 0 bridgehead atoms. The van der Waals surface area contributed by atoms with Crippen molar-refractivity contribution in [2.75, 3.05) is 6.54 Å². The zero-order chi connectivity index (χ0) is 18.5. The molecule has 0 aliphatic carbocycles. The summed E-state index contributed by atoms with van der Waals surface area (Å²) in [4.78, 5) is 20.2. The predicted octanol–water partition coefficient (Wildman–Crippen LogP) is 5.01. The second kappa shape index (κ2) is 8.60. The molecule has 26 heavy (non-hydrogen) atoms. The number of nitrogens with one attached hydrogen (secondary N) is 2. The standard InChI is InChI=1S/C20H22ClN3OS/c1-3-14(15-7-5-4-6-8-15)12-22-19(25)13(2)26-20-23-17-10-9-16(21)11-18(17)24-20/h4-11,13-14H,3,12H2,1-2H3,(H,22,25)(H,23,24)/t13-,14-/m1/s1. The van der Waals surface area contributed by atoms with E-state index >= 15 is 0 Å². The minimum atomic E-state index is -0.237. The summed E-state index contributed by atoms with van der Waals surface area (Å²) >= 11 is 7.42. The van der Waals surface area contributed by atoms with Gasteiger partial charge < -0.3 is 10.3 Å². The highest BCUT2D eigenvalue weighted by Crippen LogP contribution is 2.25. The number of amides is 1. The molecule has 0 aliphatic heterocycles. The molecule has 3 rings (SSSR count). The summed E-state index contributed by atoms with van der Waals surface area (Å²) in [5.41, 5.74) is 2.98. The van der Waals surface area contributed by atoms with Gasteiger partial charge in [0.1, 0.15) is 0 Å². The molecule has 4 nitrogen and oxygen atoms in total. The lowest BCUT2D eigenvalue weighted by molar-refractivity contribution is -0.120. The average molecular weight is 388 g/mol. The quantitative estimate of drug-likeness (QED) is 0.560. The summed E-state index contributed by atoms with van der Waals surface area (Å²) in [6.07, 6.45) is 0.982. The Labute approximate surface area is 162 Å². The van der Waals surface area contributed by atoms with Crippen LogP contribution in [0.4, 0.5) is 0 Å². The molecule has 0 fully saturated rings. The lowest BCUT2D eigenvalue weighted by atomic mass is 9.96. The number of rotatable bonds is 7. The van der Waals surface area contributed by atoms with Crippen LogP contribution in [0.2, 0.25) is 5.02 Å². The number of hydrogen-bond donors (Lipinski definition) is 2. The summed E-state index contributed by atoms with van der Waals surface area (Å²) in [5, 5.41) is 4.22. The fraction of sp³-hybridized carbons (Fsp3) is 0.300. The molecule has 0 unspecified atom stereocenters. The van der Waals surface area contributed by atoms with E-state index in [4.69, 9.17) is 11.6 Å². The zero-order valence-electron chi connectivity index (χ0n) is 14.8. The molecule has 0 radical (unpaired) electrons. The highest BCUT2D eigenvalue weighted by Gasteiger charge is 2.18. The maximum Gasteiger partial charge on any atom is 0.233 e. The Balaban J connectivity index is 1.58. The van der Waals surface area contributed by atoms with Gasteiger partial charge in [0.2, 0.25) is 5.91 Å². The van der Waals surface area contributed by atoms with Gasteiger partial charge in [-0.05, 0) is 37.1 Å². The van der Waals surface area contributed by atoms with Crippen LogP contribution in [-0.2, 0) is 4.79 Å². The number of H-pyrrole nitrogens is 1. The Kier molecular flexibility index (Phi) is 6.22. The molecule has 1 heterocycles. The van der Waals surface area contributed by atoms with Gasteiger partial charge in [-0.2, -0.15) is 0 Å². The molecule has 136 valence electrons. The number of imidazole rings is 1. The lowest BCUT2D eigenvalue weighted by Gasteiger charge is -2.17. The van der Waals surface area contributed by atoms with Gasteiger partial charge in [0.05, 0.1) is 16.3 Å². The van der Waals surface area contributed by atoms with Crippen molar-refractivity contribution in [1.29, 1.82) is 0 Å². The maximum atomic E-state index is 12.5. The summed E-state index contributed by atoms with van der Waals surface area (Å²) in [5.74, 6) is 0.341. The summed E-state index contributed by atoms with van der Waals surface area (Å²) in [6.45, 7) is 4.67. The molecule has 0 spiro atoms. The van der Waals surface area contributed by atoms with E-state index in [2.05, 4.69) is 34.3 Å². The number of halogens is 1. The molecule has 2 atom stereocenters. The van der Waals surface area contributed by atoms with Gasteiger partial charge in [0.15, 0.2) is 5.16 Å². The van der Waals surface area contributed by atoms with E-state index in [0.29, 0.717) is 17.5 Å². The molecule has 1 aromatic heterocycles. The molecule has 0 aliphatic rings. The van der Waals surface area contributed by atoms with Gasteiger partial charge >= 0.3 is 0 Å². The van der Waals surface area contributed by atoms with Crippen LogP contribution in [0.5, 0.6) is 0 Å². The lowest BCUT2D eigenvalue weighted by Crippen LogP contribution is -2.34. The van der Waals surface area contributed by atoms with Crippen LogP contribution in [-0.4, -0.2) is 27.7 Å². The molecule has 6 heteroatoms. The fourth-order valence-electron chi connectivity index (χ4n) is 2.83. The van der Waals surface area contributed by atoms with Gasteiger partial charge in [-0.1, -0.05) is 60.6 Å². The Bertz CT molecular complexity index is 881. The third-order valence-electron chi connectivity index (χ3n) is 4.37. The first kappa shape index (κ1) is 18.8. The number of aromatic amines is 1. The van der Waals surface area contributed by atoms with Crippen molar-refractivity contribution in [2.45, 2.75) is 36.6 Å². The summed E-state index contributed by atoms with van der Waals surface area (Å²) in [6, 6.07) is 15.8. The molecule has 2 N–H and O–H groups in total. The number of fused-ring (bicyclic) bond motifs is 1. The number of nitrogens with zero attached hydrogens (tertiary/aromatic N) is 1. The smallest absolute Gasteiger partial charge is 0.233 e. The highest BCUT2D eigenvalue weighted by molar-refractivity contribution is 8.00. The molecule has 0 saturated carbocycles. The van der Waals surface area contributed by atoms with Crippen molar-refractivity contribution in [3.63, 3.8) is 0 Å². The van der Waals surface area contributed by atoms with Crippen LogP contribution in [0.25, 0.3) is 11.0 Å². The first-order chi connectivity index (χ1) is 12.6. The third-order valence-corrected chi connectivity index (χ3v) is 5.59. The Hall–Kier alpha value is -1.98. The Morgan fingerprint density at radius 1 is 1.27 bits per heavy atom. The van der Waals surface area contributed by atoms with Crippen LogP contribution in [0.15, 0.2) is 53.7 Å². The van der Waals surface area contributed by atoms with Crippen LogP contribution in [0, 0.1) is 0 Å². The monoisotopic (exact) mass is 387 g/mol. The van der Waals surface area contributed by atoms with Crippen LogP contribution >= 0.6 is 23.4 Å². The summed E-state index contributed by atoms with van der Waals surface area (Å²) < 4.78 is 0. The topological polar surface area (TPSA) is 57.8 Å². The van der Waals surface area contributed by atoms with Crippen LogP contribution in [0.1, 0.15) is 31.7 Å². The average Bonchev–Trinajstić information content (AvgIpc) is 3.04. The first-order valence-corrected chi connectivity index (χ1v) is 9.97. The number of hydrogen-bond acceptors (Lipinski definition) is 3. The number of carbonyl (C=O) groups is 1. The van der Waals surface area contributed by atoms with Crippen LogP contribution in [0.3, 0.4) is 0 Å². The van der Waals surface area contributed by atoms with Gasteiger partial charge in [0, 0.05) is 17.5 Å². The third kappa shape index (κ3) is 4.59. The molecule has 0 saturated heterocycles. The predicted molar refractivity (Wildman–Crippen MR) is 109 cm³/mol. The van der Waals surface area contributed by atoms with Gasteiger partial charge in [-0.15, -0.1) is 0 Å². The molecule has 2 aromatic carbocycles. The fourth-order valence-corrected chi connectivity index (χ4v) is 3.84. The van der Waals surface area contributed by atoms with E-state index in [1.165, 1.54) is 17.3 Å². The minimum absolute atomic E-state index is 0.0165. The Morgan fingerprint density at radius 3 is 2.77 bits per heavy atom. The normalized spacial score (nSPS) is 13.5. The van der Waals surface area contributed by atoms with Crippen molar-refractivity contribution in [1.82, 2.24) is 15.3 Å². The SMILES string of the molecule is CC[C@H](CNC(=O)[C@@H](C)Sc1nc2ccc(Cl)cc2[nH]1)c1ccccc1. The largest absolute Gasteiger partial charge is 0.355 e. The molecule has 3 aromatic rings. The van der Waals surface area contributed by atoms with Crippen molar-refractivity contribution in [3.8, 4) is 0 Å². The number of aromatic nitrogens is 2. The number of carbonyl (C=O) groups excluding carboxylic acids is 1. The van der Waals surface area contributed by atoms with E-state index in [-0.39, 0.29) is 11.2 Å². The second-order valence-electron chi connectivity index (χ2n) is 6.22. The van der Waals surface area contributed by atoms with E-state index in [9.17, 15) is 4.79 Å². The second-order valence-corrected chi connectivity index (χ2v) is 7.99. The van der Waals surface area contributed by atoms with Gasteiger partial charge in [0.25, 0.3) is 0 Å². The molecular weight excluding hydrogens is 366 g/mol. The van der Waals surface area contributed by atoms with E-state index in [1.54, 1.807) is 0 Å². The van der Waals surface area contributed by atoms with Crippen LogP contribution < -0.4 is 5.32 Å². The van der Waals surface area contributed by atoms with Crippen molar-refractivity contribution in [2.24, 2.45) is 0 Å². The maximum absolute atomic E-state index is 12.5. The number of benzene rings is 2. The molecular formula is C20H22ClN3OS. The molecule has 1 amide bonds. The zero-order valence-corrected chi connectivity index (χ0v) is 16.4. The minimum Gasteiger partial charge on any atom is -0.355 e. The number of thioether (sulfide) groups is 1. The summed E-state index contributed by atoms with van der Waals surface area (Å²) in [7, 11) is 0. The highest BCUT2D eigenvalue weighted by atomic mass is 35.5. The first-order valence-electron chi connectivity index (χ1n) is 8.71. The van der Waals surface area contributed by atoms with Crippen molar-refractivity contribution < 1.29 is 4.79 Å². The van der Waals surface area contributed by atoms with Gasteiger partial charge in [-0.25, -0.2) is 4.98 Å². The van der Waals surface area contributed by atoms with E-state index in [0.717, 1.165) is 22.6 Å². The van der Waals surface area contributed by atoms with E-state index in [1.807, 2.05) is 43.3 Å². The Morgan fingerprint density at radius 2 is 2.04 bits per heavy atom. The van der Waals surface area contributed by atoms with Crippen molar-refractivity contribution in [3.05, 3.63) is 59.1 Å².